The molecular weight excluding hydrogens is 211 g/mol. The zero-order chi connectivity index (χ0) is 6.24. The summed E-state index contributed by atoms with van der Waals surface area (Å²) in [4.78, 5) is 0. The van der Waals surface area contributed by atoms with Crippen LogP contribution >= 0.6 is 22.6 Å². The molecule has 0 aliphatic rings. The number of hydrogen-bond donors (Lipinski definition) is 0. The monoisotopic (exact) mass is 220 g/mol. The number of alkyl halides is 1. The number of halogens is 1. The first-order valence-corrected chi connectivity index (χ1v) is 4.13. The van der Waals surface area contributed by atoms with Gasteiger partial charge in [0.1, 0.15) is 0 Å². The maximum absolute atomic E-state index is 2.94. The molecule has 0 aliphatic heterocycles. The molecule has 0 aromatic rings. The number of allylic oxidation sites excluding steroid dienone is 2. The van der Waals surface area contributed by atoms with Crippen LogP contribution in [0.15, 0.2) is 12.2 Å². The van der Waals surface area contributed by atoms with E-state index in [9.17, 15) is 0 Å². The molecule has 0 rings (SSSR count). The first kappa shape index (κ1) is 8.03. The third-order valence-corrected chi connectivity index (χ3v) is 1.08. The normalized spacial score (nSPS) is 8.75. The molecule has 0 unspecified atom stereocenters. The smallest absolute Gasteiger partial charge is 0.0185 e. The lowest BCUT2D eigenvalue weighted by Crippen LogP contribution is -1.56. The predicted octanol–water partition coefficient (Wildman–Crippen LogP) is 2.39. The first-order valence-electron chi connectivity index (χ1n) is 2.61. The van der Waals surface area contributed by atoms with Crippen molar-refractivity contribution < 1.29 is 0 Å². The second-order valence-electron chi connectivity index (χ2n) is 1.23. The van der Waals surface area contributed by atoms with Gasteiger partial charge < -0.3 is 0 Å². The highest BCUT2D eigenvalue weighted by molar-refractivity contribution is 14.1. The van der Waals surface area contributed by atoms with Crippen LogP contribution in [0.4, 0.5) is 0 Å². The van der Waals surface area contributed by atoms with Crippen LogP contribution < -0.4 is 0 Å². The molecule has 0 atom stereocenters. The van der Waals surface area contributed by atoms with Crippen LogP contribution in [0, 0.1) is 11.8 Å². The zero-order valence-corrected chi connectivity index (χ0v) is 7.10. The molecule has 0 aromatic heterocycles. The standard InChI is InChI=1S/C7H9I/c1-2-3-4-5-6-7-8/h5-6H,2,7H2,1H3/b6-5-. The van der Waals surface area contributed by atoms with Crippen molar-refractivity contribution >= 4 is 22.6 Å². The van der Waals surface area contributed by atoms with Gasteiger partial charge in [-0.25, -0.2) is 0 Å². The fourth-order valence-electron chi connectivity index (χ4n) is 0.264. The molecule has 0 bridgehead atoms. The van der Waals surface area contributed by atoms with E-state index >= 15 is 0 Å². The molecule has 44 valence electrons. The summed E-state index contributed by atoms with van der Waals surface area (Å²) in [6, 6.07) is 0. The Morgan fingerprint density at radius 1 is 1.62 bits per heavy atom. The third-order valence-electron chi connectivity index (χ3n) is 0.569. The first-order chi connectivity index (χ1) is 3.91. The minimum Gasteiger partial charge on any atom is -0.0988 e. The Morgan fingerprint density at radius 2 is 2.38 bits per heavy atom. The van der Waals surface area contributed by atoms with Gasteiger partial charge in [0.25, 0.3) is 0 Å². The van der Waals surface area contributed by atoms with Gasteiger partial charge in [0, 0.05) is 10.8 Å². The highest BCUT2D eigenvalue weighted by atomic mass is 127. The molecule has 0 N–H and O–H groups in total. The Bertz CT molecular complexity index is 114. The van der Waals surface area contributed by atoms with Crippen molar-refractivity contribution in [1.29, 1.82) is 0 Å². The largest absolute Gasteiger partial charge is 0.0988 e. The second-order valence-corrected chi connectivity index (χ2v) is 2.11. The van der Waals surface area contributed by atoms with Gasteiger partial charge in [0.15, 0.2) is 0 Å². The van der Waals surface area contributed by atoms with Gasteiger partial charge >= 0.3 is 0 Å². The van der Waals surface area contributed by atoms with Crippen molar-refractivity contribution in [2.75, 3.05) is 4.43 Å². The van der Waals surface area contributed by atoms with E-state index in [1.165, 1.54) is 0 Å². The molecule has 0 radical (unpaired) electrons. The Hall–Kier alpha value is 0.0300. The van der Waals surface area contributed by atoms with Crippen LogP contribution in [0.1, 0.15) is 13.3 Å². The van der Waals surface area contributed by atoms with Gasteiger partial charge in [-0.2, -0.15) is 0 Å². The minimum absolute atomic E-state index is 0.950. The summed E-state index contributed by atoms with van der Waals surface area (Å²) in [6.45, 7) is 2.05. The van der Waals surface area contributed by atoms with E-state index < -0.39 is 0 Å². The third kappa shape index (κ3) is 6.03. The average Bonchev–Trinajstić information content (AvgIpc) is 1.81. The van der Waals surface area contributed by atoms with Crippen molar-refractivity contribution in [3.63, 3.8) is 0 Å². The van der Waals surface area contributed by atoms with E-state index in [4.69, 9.17) is 0 Å². The van der Waals surface area contributed by atoms with Gasteiger partial charge in [0.2, 0.25) is 0 Å². The maximum Gasteiger partial charge on any atom is 0.0185 e. The molecule has 0 aromatic carbocycles. The second kappa shape index (κ2) is 7.03. The molecule has 0 amide bonds. The number of hydrogen-bond acceptors (Lipinski definition) is 0. The minimum atomic E-state index is 0.950. The summed E-state index contributed by atoms with van der Waals surface area (Å²) >= 11 is 2.28. The highest BCUT2D eigenvalue weighted by Gasteiger charge is 1.60. The topological polar surface area (TPSA) is 0 Å². The molecule has 0 aliphatic carbocycles. The van der Waals surface area contributed by atoms with Crippen LogP contribution in [0.2, 0.25) is 0 Å². The average molecular weight is 220 g/mol. The molecule has 8 heavy (non-hydrogen) atoms. The van der Waals surface area contributed by atoms with Crippen molar-refractivity contribution in [3.05, 3.63) is 12.2 Å². The maximum atomic E-state index is 2.94. The Balaban J connectivity index is 3.26. The van der Waals surface area contributed by atoms with E-state index in [0.717, 1.165) is 10.8 Å². The lowest BCUT2D eigenvalue weighted by atomic mass is 10.4. The summed E-state index contributed by atoms with van der Waals surface area (Å²) in [5, 5.41) is 0. The van der Waals surface area contributed by atoms with Crippen LogP contribution in [0.5, 0.6) is 0 Å². The van der Waals surface area contributed by atoms with Crippen molar-refractivity contribution in [1.82, 2.24) is 0 Å². The predicted molar refractivity (Wildman–Crippen MR) is 46.1 cm³/mol. The molecule has 0 nitrogen and oxygen atoms in total. The molecule has 0 fully saturated rings. The van der Waals surface area contributed by atoms with Gasteiger partial charge in [-0.15, -0.1) is 0 Å². The molecule has 0 saturated heterocycles. The molecule has 0 heterocycles. The van der Waals surface area contributed by atoms with Crippen LogP contribution in [-0.4, -0.2) is 4.43 Å². The molecular formula is C7H9I. The van der Waals surface area contributed by atoms with Crippen molar-refractivity contribution in [2.45, 2.75) is 13.3 Å². The lowest BCUT2D eigenvalue weighted by molar-refractivity contribution is 1.28. The van der Waals surface area contributed by atoms with Gasteiger partial charge in [-0.1, -0.05) is 47.4 Å². The highest BCUT2D eigenvalue weighted by Crippen LogP contribution is 1.80. The van der Waals surface area contributed by atoms with Crippen LogP contribution in [0.3, 0.4) is 0 Å². The van der Waals surface area contributed by atoms with Crippen LogP contribution in [-0.2, 0) is 0 Å². The Labute approximate surface area is 64.5 Å². The SMILES string of the molecule is CCC#C/C=C\CI. The summed E-state index contributed by atoms with van der Waals surface area (Å²) in [5.41, 5.74) is 0. The lowest BCUT2D eigenvalue weighted by Gasteiger charge is -1.68. The fourth-order valence-corrected chi connectivity index (χ4v) is 0.519. The molecule has 1 heteroatoms. The quantitative estimate of drug-likeness (QED) is 0.361. The molecule has 0 saturated carbocycles. The summed E-state index contributed by atoms with van der Waals surface area (Å²) in [6.07, 6.45) is 4.89. The van der Waals surface area contributed by atoms with E-state index in [-0.39, 0.29) is 0 Å². The number of rotatable bonds is 1. The zero-order valence-electron chi connectivity index (χ0n) is 4.95. The summed E-state index contributed by atoms with van der Waals surface area (Å²) in [5.74, 6) is 5.84. The fraction of sp³-hybridized carbons (Fsp3) is 0.429. The van der Waals surface area contributed by atoms with Crippen molar-refractivity contribution in [3.8, 4) is 11.8 Å². The summed E-state index contributed by atoms with van der Waals surface area (Å²) in [7, 11) is 0. The van der Waals surface area contributed by atoms with Crippen molar-refractivity contribution in [2.24, 2.45) is 0 Å². The Kier molecular flexibility index (Phi) is 7.06. The van der Waals surface area contributed by atoms with E-state index in [1.54, 1.807) is 0 Å². The van der Waals surface area contributed by atoms with Gasteiger partial charge in [-0.05, 0) is 6.08 Å². The van der Waals surface area contributed by atoms with Crippen LogP contribution in [0.25, 0.3) is 0 Å². The van der Waals surface area contributed by atoms with E-state index in [0.29, 0.717) is 0 Å². The van der Waals surface area contributed by atoms with E-state index in [1.807, 2.05) is 19.1 Å². The van der Waals surface area contributed by atoms with Gasteiger partial charge in [0.05, 0.1) is 0 Å². The van der Waals surface area contributed by atoms with Gasteiger partial charge in [-0.3, -0.25) is 0 Å². The molecule has 0 spiro atoms. The van der Waals surface area contributed by atoms with E-state index in [2.05, 4.69) is 34.4 Å². The Morgan fingerprint density at radius 3 is 2.88 bits per heavy atom. The summed E-state index contributed by atoms with van der Waals surface area (Å²) < 4.78 is 1.05.